The molecule has 2 aliphatic rings. The third-order valence-corrected chi connectivity index (χ3v) is 9.93. The Morgan fingerprint density at radius 3 is 1.92 bits per heavy atom. The molecule has 2 aromatic carbocycles. The molecule has 1 N–H and O–H groups in total. The molecule has 2 saturated heterocycles. The molecule has 0 atom stereocenters. The highest BCUT2D eigenvalue weighted by atomic mass is 32.2. The van der Waals surface area contributed by atoms with Crippen LogP contribution in [0, 0.1) is 0 Å². The molecule has 2 aliphatic heterocycles. The van der Waals surface area contributed by atoms with Crippen molar-refractivity contribution >= 4 is 31.6 Å². The van der Waals surface area contributed by atoms with Crippen LogP contribution in [-0.2, 0) is 24.8 Å². The number of nitrogens with zero attached hydrogens (tertiary/aromatic N) is 2. The van der Waals surface area contributed by atoms with Crippen LogP contribution in [0.15, 0.2) is 46.2 Å². The summed E-state index contributed by atoms with van der Waals surface area (Å²) in [7, 11) is -4.82. The van der Waals surface area contributed by atoms with Gasteiger partial charge in [-0.05, 0) is 49.2 Å². The monoisotopic (exact) mass is 539 g/mol. The van der Waals surface area contributed by atoms with Gasteiger partial charge in [0.05, 0.1) is 48.5 Å². The molecule has 0 spiro atoms. The number of amides is 1. The Bertz CT molecular complexity index is 1330. The minimum Gasteiger partial charge on any atom is -0.496 e. The van der Waals surface area contributed by atoms with Gasteiger partial charge in [0.1, 0.15) is 11.5 Å². The molecule has 0 radical (unpaired) electrons. The molecule has 0 bridgehead atoms. The van der Waals surface area contributed by atoms with E-state index in [4.69, 9.17) is 14.2 Å². The van der Waals surface area contributed by atoms with E-state index in [2.05, 4.69) is 5.32 Å². The van der Waals surface area contributed by atoms with Gasteiger partial charge in [0.2, 0.25) is 20.0 Å². The summed E-state index contributed by atoms with van der Waals surface area (Å²) in [6.45, 7) is 1.89. The summed E-state index contributed by atoms with van der Waals surface area (Å²) < 4.78 is 70.8. The average Bonchev–Trinajstić information content (AvgIpc) is 3.45. The number of nitrogens with one attached hydrogen (secondary N) is 1. The number of sulfonamides is 2. The Hall–Kier alpha value is -2.71. The van der Waals surface area contributed by atoms with Gasteiger partial charge >= 0.3 is 0 Å². The molecule has 36 heavy (non-hydrogen) atoms. The second kappa shape index (κ2) is 10.7. The minimum atomic E-state index is -3.86. The summed E-state index contributed by atoms with van der Waals surface area (Å²) in [6.07, 6.45) is 1.59. The number of morpholine rings is 1. The van der Waals surface area contributed by atoms with E-state index in [1.807, 2.05) is 0 Å². The van der Waals surface area contributed by atoms with Gasteiger partial charge in [0.25, 0.3) is 5.91 Å². The molecular formula is C23H29N3O8S2. The third kappa shape index (κ3) is 5.20. The number of ether oxygens (including phenoxy) is 3. The van der Waals surface area contributed by atoms with Crippen molar-refractivity contribution in [1.82, 2.24) is 8.61 Å². The molecule has 0 aliphatic carbocycles. The van der Waals surface area contributed by atoms with E-state index < -0.39 is 26.0 Å². The van der Waals surface area contributed by atoms with Crippen molar-refractivity contribution in [2.24, 2.45) is 0 Å². The Morgan fingerprint density at radius 1 is 0.806 bits per heavy atom. The molecule has 2 heterocycles. The number of benzene rings is 2. The van der Waals surface area contributed by atoms with Crippen LogP contribution in [0.5, 0.6) is 11.5 Å². The lowest BCUT2D eigenvalue weighted by Gasteiger charge is -2.26. The maximum atomic E-state index is 13.3. The summed E-state index contributed by atoms with van der Waals surface area (Å²) in [6, 6.07) is 8.27. The third-order valence-electron chi connectivity index (χ3n) is 6.15. The number of hydrogen-bond acceptors (Lipinski definition) is 8. The van der Waals surface area contributed by atoms with Crippen LogP contribution in [0.1, 0.15) is 23.2 Å². The predicted octanol–water partition coefficient (Wildman–Crippen LogP) is 1.76. The van der Waals surface area contributed by atoms with E-state index in [0.29, 0.717) is 26.3 Å². The fourth-order valence-electron chi connectivity index (χ4n) is 4.17. The number of anilines is 1. The smallest absolute Gasteiger partial charge is 0.259 e. The van der Waals surface area contributed by atoms with Gasteiger partial charge in [-0.3, -0.25) is 4.79 Å². The first-order valence-corrected chi connectivity index (χ1v) is 14.3. The van der Waals surface area contributed by atoms with Crippen molar-refractivity contribution < 1.29 is 35.8 Å². The van der Waals surface area contributed by atoms with E-state index >= 15 is 0 Å². The summed E-state index contributed by atoms with van der Waals surface area (Å²) in [5.41, 5.74) is 0.105. The average molecular weight is 540 g/mol. The van der Waals surface area contributed by atoms with Gasteiger partial charge in [-0.25, -0.2) is 16.8 Å². The highest BCUT2D eigenvalue weighted by Gasteiger charge is 2.30. The summed E-state index contributed by atoms with van der Waals surface area (Å²) in [5.74, 6) is -0.270. The molecular weight excluding hydrogens is 510 g/mol. The predicted molar refractivity (Wildman–Crippen MR) is 132 cm³/mol. The van der Waals surface area contributed by atoms with Gasteiger partial charge in [-0.1, -0.05) is 0 Å². The number of hydrogen-bond donors (Lipinski definition) is 1. The topological polar surface area (TPSA) is 132 Å². The summed E-state index contributed by atoms with van der Waals surface area (Å²) in [5, 5.41) is 2.66. The molecule has 196 valence electrons. The largest absolute Gasteiger partial charge is 0.496 e. The SMILES string of the molecule is COc1ccc(S(=O)(=O)N2CCCC2)cc1NC(=O)c1cc(S(=O)(=O)N2CCOCC2)ccc1OC. The molecule has 11 nitrogen and oxygen atoms in total. The van der Waals surface area contributed by atoms with E-state index in [9.17, 15) is 21.6 Å². The number of methoxy groups -OCH3 is 2. The highest BCUT2D eigenvalue weighted by molar-refractivity contribution is 7.89. The van der Waals surface area contributed by atoms with Gasteiger partial charge < -0.3 is 19.5 Å². The van der Waals surface area contributed by atoms with Crippen LogP contribution in [0.2, 0.25) is 0 Å². The van der Waals surface area contributed by atoms with Crippen molar-refractivity contribution in [3.05, 3.63) is 42.0 Å². The van der Waals surface area contributed by atoms with Gasteiger partial charge in [0, 0.05) is 26.2 Å². The quantitative estimate of drug-likeness (QED) is 0.537. The van der Waals surface area contributed by atoms with Crippen molar-refractivity contribution in [2.75, 3.05) is 58.9 Å². The first-order valence-electron chi connectivity index (χ1n) is 11.4. The maximum absolute atomic E-state index is 13.3. The van der Waals surface area contributed by atoms with Crippen LogP contribution in [0.25, 0.3) is 0 Å². The lowest BCUT2D eigenvalue weighted by molar-refractivity contribution is 0.0730. The van der Waals surface area contributed by atoms with Crippen molar-refractivity contribution in [2.45, 2.75) is 22.6 Å². The lowest BCUT2D eigenvalue weighted by Crippen LogP contribution is -2.40. The fraction of sp³-hybridized carbons (Fsp3) is 0.435. The minimum absolute atomic E-state index is 0.0242. The molecule has 2 aromatic rings. The Labute approximate surface area is 211 Å². The highest BCUT2D eigenvalue weighted by Crippen LogP contribution is 2.32. The normalized spacial score (nSPS) is 17.6. The summed E-state index contributed by atoms with van der Waals surface area (Å²) in [4.78, 5) is 13.3. The number of carbonyl (C=O) groups is 1. The van der Waals surface area contributed by atoms with E-state index in [0.717, 1.165) is 12.8 Å². The summed E-state index contributed by atoms with van der Waals surface area (Å²) >= 11 is 0. The number of rotatable bonds is 8. The second-order valence-electron chi connectivity index (χ2n) is 8.31. The van der Waals surface area contributed by atoms with Gasteiger partial charge in [-0.2, -0.15) is 8.61 Å². The molecule has 0 aromatic heterocycles. The molecule has 4 rings (SSSR count). The standard InChI is InChI=1S/C23H29N3O8S2/c1-32-21-7-5-17(35(28,29)26-11-13-34-14-12-26)15-19(21)23(27)24-20-16-18(6-8-22(20)33-2)36(30,31)25-9-3-4-10-25/h5-8,15-16H,3-4,9-14H2,1-2H3,(H,24,27). The number of carbonyl (C=O) groups excluding carboxylic acids is 1. The molecule has 13 heteroatoms. The van der Waals surface area contributed by atoms with E-state index in [1.54, 1.807) is 0 Å². The van der Waals surface area contributed by atoms with Gasteiger partial charge in [-0.15, -0.1) is 0 Å². The Morgan fingerprint density at radius 2 is 1.33 bits per heavy atom. The zero-order valence-electron chi connectivity index (χ0n) is 20.1. The Balaban J connectivity index is 1.66. The van der Waals surface area contributed by atoms with Crippen LogP contribution < -0.4 is 14.8 Å². The van der Waals surface area contributed by atoms with Crippen molar-refractivity contribution in [3.8, 4) is 11.5 Å². The molecule has 2 fully saturated rings. The second-order valence-corrected chi connectivity index (χ2v) is 12.2. The first-order chi connectivity index (χ1) is 17.2. The lowest BCUT2D eigenvalue weighted by atomic mass is 10.1. The van der Waals surface area contributed by atoms with E-state index in [-0.39, 0.29) is 45.6 Å². The Kier molecular flexibility index (Phi) is 7.85. The van der Waals surface area contributed by atoms with Gasteiger partial charge in [0.15, 0.2) is 0 Å². The van der Waals surface area contributed by atoms with E-state index in [1.165, 1.54) is 59.2 Å². The van der Waals surface area contributed by atoms with Crippen LogP contribution in [0.3, 0.4) is 0 Å². The first kappa shape index (κ1) is 26.4. The van der Waals surface area contributed by atoms with Crippen molar-refractivity contribution in [1.29, 1.82) is 0 Å². The fourth-order valence-corrected chi connectivity index (χ4v) is 7.15. The maximum Gasteiger partial charge on any atom is 0.259 e. The molecule has 0 unspecified atom stereocenters. The molecule has 0 saturated carbocycles. The molecule has 1 amide bonds. The van der Waals surface area contributed by atoms with Crippen LogP contribution in [0.4, 0.5) is 5.69 Å². The van der Waals surface area contributed by atoms with Crippen LogP contribution in [-0.4, -0.2) is 85.0 Å². The van der Waals surface area contributed by atoms with Crippen LogP contribution >= 0.6 is 0 Å². The van der Waals surface area contributed by atoms with Crippen molar-refractivity contribution in [3.63, 3.8) is 0 Å². The zero-order valence-corrected chi connectivity index (χ0v) is 21.7. The zero-order chi connectivity index (χ0) is 25.9.